The van der Waals surface area contributed by atoms with Crippen LogP contribution in [0.15, 0.2) is 24.3 Å². The molecule has 0 radical (unpaired) electrons. The standard InChI is InChI=1S/C14H23N/c1-4-5-9-14(15)13-8-6-7-12(10-13)11(2)3/h6-8,10-11,14H,4-5,9,15H2,1-3H3/t14-/m0/s1. The quantitative estimate of drug-likeness (QED) is 0.772. The highest BCUT2D eigenvalue weighted by Crippen LogP contribution is 2.21. The van der Waals surface area contributed by atoms with Gasteiger partial charge in [0.1, 0.15) is 0 Å². The Labute approximate surface area is 93.7 Å². The lowest BCUT2D eigenvalue weighted by Crippen LogP contribution is -2.10. The van der Waals surface area contributed by atoms with Gasteiger partial charge in [-0.1, -0.05) is 57.9 Å². The minimum Gasteiger partial charge on any atom is -0.324 e. The van der Waals surface area contributed by atoms with E-state index < -0.39 is 0 Å². The van der Waals surface area contributed by atoms with Crippen molar-refractivity contribution in [3.63, 3.8) is 0 Å². The Balaban J connectivity index is 2.71. The SMILES string of the molecule is CCCC[C@H](N)c1cccc(C(C)C)c1. The lowest BCUT2D eigenvalue weighted by molar-refractivity contribution is 0.602. The molecule has 0 fully saturated rings. The van der Waals surface area contributed by atoms with E-state index in [4.69, 9.17) is 5.73 Å². The first-order chi connectivity index (χ1) is 7.15. The van der Waals surface area contributed by atoms with Crippen LogP contribution in [0.1, 0.15) is 63.1 Å². The molecular weight excluding hydrogens is 182 g/mol. The molecule has 1 heteroatoms. The summed E-state index contributed by atoms with van der Waals surface area (Å²) in [4.78, 5) is 0. The molecule has 0 saturated heterocycles. The van der Waals surface area contributed by atoms with Crippen LogP contribution in [0, 0.1) is 0 Å². The molecule has 84 valence electrons. The molecule has 0 aromatic heterocycles. The van der Waals surface area contributed by atoms with E-state index in [2.05, 4.69) is 45.0 Å². The van der Waals surface area contributed by atoms with E-state index in [-0.39, 0.29) is 6.04 Å². The van der Waals surface area contributed by atoms with Crippen molar-refractivity contribution < 1.29 is 0 Å². The first-order valence-corrected chi connectivity index (χ1v) is 6.00. The van der Waals surface area contributed by atoms with E-state index in [0.717, 1.165) is 6.42 Å². The van der Waals surface area contributed by atoms with E-state index in [1.165, 1.54) is 24.0 Å². The van der Waals surface area contributed by atoms with E-state index in [1.54, 1.807) is 0 Å². The highest BCUT2D eigenvalue weighted by atomic mass is 14.6. The summed E-state index contributed by atoms with van der Waals surface area (Å²) in [6.45, 7) is 6.64. The third kappa shape index (κ3) is 3.67. The molecule has 1 atom stereocenters. The van der Waals surface area contributed by atoms with Gasteiger partial charge in [-0.25, -0.2) is 0 Å². The molecule has 0 unspecified atom stereocenters. The van der Waals surface area contributed by atoms with Crippen LogP contribution in [-0.2, 0) is 0 Å². The van der Waals surface area contributed by atoms with Crippen LogP contribution in [0.25, 0.3) is 0 Å². The van der Waals surface area contributed by atoms with Gasteiger partial charge in [-0.2, -0.15) is 0 Å². The average molecular weight is 205 g/mol. The maximum absolute atomic E-state index is 6.15. The fourth-order valence-electron chi connectivity index (χ4n) is 1.74. The zero-order chi connectivity index (χ0) is 11.3. The van der Waals surface area contributed by atoms with Crippen LogP contribution >= 0.6 is 0 Å². The highest BCUT2D eigenvalue weighted by Gasteiger charge is 2.07. The van der Waals surface area contributed by atoms with Crippen molar-refractivity contribution in [3.05, 3.63) is 35.4 Å². The van der Waals surface area contributed by atoms with Crippen molar-refractivity contribution in [2.24, 2.45) is 5.73 Å². The molecule has 0 aliphatic rings. The summed E-state index contributed by atoms with van der Waals surface area (Å²) in [5.41, 5.74) is 8.83. The summed E-state index contributed by atoms with van der Waals surface area (Å²) >= 11 is 0. The van der Waals surface area contributed by atoms with Crippen LogP contribution in [0.5, 0.6) is 0 Å². The normalized spacial score (nSPS) is 13.1. The van der Waals surface area contributed by atoms with Gasteiger partial charge in [-0.3, -0.25) is 0 Å². The van der Waals surface area contributed by atoms with Crippen molar-refractivity contribution in [2.75, 3.05) is 0 Å². The summed E-state index contributed by atoms with van der Waals surface area (Å²) in [6, 6.07) is 8.91. The molecule has 0 amide bonds. The van der Waals surface area contributed by atoms with Crippen molar-refractivity contribution in [3.8, 4) is 0 Å². The number of rotatable bonds is 5. The van der Waals surface area contributed by atoms with Crippen molar-refractivity contribution in [2.45, 2.75) is 52.0 Å². The maximum atomic E-state index is 6.15. The van der Waals surface area contributed by atoms with Crippen LogP contribution in [0.4, 0.5) is 0 Å². The molecular formula is C14H23N. The molecule has 0 bridgehead atoms. The van der Waals surface area contributed by atoms with Crippen molar-refractivity contribution >= 4 is 0 Å². The maximum Gasteiger partial charge on any atom is 0.0294 e. The molecule has 1 rings (SSSR count). The van der Waals surface area contributed by atoms with Crippen molar-refractivity contribution in [1.82, 2.24) is 0 Å². The predicted octanol–water partition coefficient (Wildman–Crippen LogP) is 4.00. The molecule has 1 aromatic carbocycles. The Hall–Kier alpha value is -0.820. The van der Waals surface area contributed by atoms with Gasteiger partial charge in [0.15, 0.2) is 0 Å². The molecule has 2 N–H and O–H groups in total. The Morgan fingerprint density at radius 2 is 1.87 bits per heavy atom. The molecule has 1 nitrogen and oxygen atoms in total. The molecule has 0 heterocycles. The van der Waals surface area contributed by atoms with Gasteiger partial charge in [-0.05, 0) is 23.5 Å². The van der Waals surface area contributed by atoms with Gasteiger partial charge in [0, 0.05) is 6.04 Å². The number of unbranched alkanes of at least 4 members (excludes halogenated alkanes) is 1. The average Bonchev–Trinajstić information content (AvgIpc) is 2.26. The van der Waals surface area contributed by atoms with Gasteiger partial charge in [0.05, 0.1) is 0 Å². The van der Waals surface area contributed by atoms with E-state index in [0.29, 0.717) is 5.92 Å². The summed E-state index contributed by atoms with van der Waals surface area (Å²) in [6.07, 6.45) is 3.53. The second-order valence-electron chi connectivity index (χ2n) is 4.57. The second kappa shape index (κ2) is 5.92. The molecule has 15 heavy (non-hydrogen) atoms. The number of benzene rings is 1. The van der Waals surface area contributed by atoms with Gasteiger partial charge in [0.2, 0.25) is 0 Å². The van der Waals surface area contributed by atoms with E-state index in [1.807, 2.05) is 0 Å². The van der Waals surface area contributed by atoms with Gasteiger partial charge in [-0.15, -0.1) is 0 Å². The largest absolute Gasteiger partial charge is 0.324 e. The summed E-state index contributed by atoms with van der Waals surface area (Å²) < 4.78 is 0. The molecule has 0 aliphatic carbocycles. The zero-order valence-electron chi connectivity index (χ0n) is 10.2. The minimum absolute atomic E-state index is 0.212. The lowest BCUT2D eigenvalue weighted by Gasteiger charge is -2.14. The first kappa shape index (κ1) is 12.3. The monoisotopic (exact) mass is 205 g/mol. The highest BCUT2D eigenvalue weighted by molar-refractivity contribution is 5.27. The van der Waals surface area contributed by atoms with Gasteiger partial charge >= 0.3 is 0 Å². The number of hydrogen-bond donors (Lipinski definition) is 1. The fraction of sp³-hybridized carbons (Fsp3) is 0.571. The molecule has 0 spiro atoms. The third-order valence-electron chi connectivity index (χ3n) is 2.87. The van der Waals surface area contributed by atoms with Crippen LogP contribution in [0.2, 0.25) is 0 Å². The summed E-state index contributed by atoms with van der Waals surface area (Å²) in [5, 5.41) is 0. The van der Waals surface area contributed by atoms with E-state index in [9.17, 15) is 0 Å². The Morgan fingerprint density at radius 3 is 2.47 bits per heavy atom. The van der Waals surface area contributed by atoms with Gasteiger partial charge in [0.25, 0.3) is 0 Å². The van der Waals surface area contributed by atoms with Crippen LogP contribution in [-0.4, -0.2) is 0 Å². The van der Waals surface area contributed by atoms with Crippen molar-refractivity contribution in [1.29, 1.82) is 0 Å². The fourth-order valence-corrected chi connectivity index (χ4v) is 1.74. The zero-order valence-corrected chi connectivity index (χ0v) is 10.2. The molecule has 1 aromatic rings. The molecule has 0 aliphatic heterocycles. The van der Waals surface area contributed by atoms with Crippen LogP contribution in [0.3, 0.4) is 0 Å². The van der Waals surface area contributed by atoms with E-state index >= 15 is 0 Å². The second-order valence-corrected chi connectivity index (χ2v) is 4.57. The third-order valence-corrected chi connectivity index (χ3v) is 2.87. The Morgan fingerprint density at radius 1 is 1.20 bits per heavy atom. The molecule has 0 saturated carbocycles. The Kier molecular flexibility index (Phi) is 4.83. The summed E-state index contributed by atoms with van der Waals surface area (Å²) in [7, 11) is 0. The predicted molar refractivity (Wildman–Crippen MR) is 67.0 cm³/mol. The van der Waals surface area contributed by atoms with Gasteiger partial charge < -0.3 is 5.73 Å². The number of hydrogen-bond acceptors (Lipinski definition) is 1. The summed E-state index contributed by atoms with van der Waals surface area (Å²) in [5.74, 6) is 0.586. The lowest BCUT2D eigenvalue weighted by atomic mass is 9.96. The smallest absolute Gasteiger partial charge is 0.0294 e. The first-order valence-electron chi connectivity index (χ1n) is 6.00. The Bertz CT molecular complexity index is 291. The minimum atomic E-state index is 0.212. The van der Waals surface area contributed by atoms with Crippen LogP contribution < -0.4 is 5.73 Å². The topological polar surface area (TPSA) is 26.0 Å². The number of nitrogens with two attached hydrogens (primary N) is 1.